The van der Waals surface area contributed by atoms with Gasteiger partial charge in [-0.15, -0.1) is 0 Å². The maximum Gasteiger partial charge on any atom is 0.326 e. The van der Waals surface area contributed by atoms with Gasteiger partial charge in [0, 0.05) is 23.9 Å². The second kappa shape index (κ2) is 4.89. The summed E-state index contributed by atoms with van der Waals surface area (Å²) in [6.07, 6.45) is -0.778. The molecule has 1 aliphatic rings. The number of carbonyl (C=O) groups excluding carboxylic acids is 1. The highest BCUT2D eigenvalue weighted by Gasteiger charge is 2.40. The Morgan fingerprint density at radius 2 is 2.05 bits per heavy atom. The number of nitrogens with zero attached hydrogens (tertiary/aromatic N) is 1. The van der Waals surface area contributed by atoms with E-state index in [0.717, 1.165) is 10.3 Å². The van der Waals surface area contributed by atoms with Crippen molar-refractivity contribution in [3.8, 4) is 0 Å². The number of furan rings is 1. The Morgan fingerprint density at radius 3 is 2.71 bits per heavy atom. The average Bonchev–Trinajstić information content (AvgIpc) is 3.00. The molecule has 1 aromatic heterocycles. The van der Waals surface area contributed by atoms with Gasteiger partial charge in [0.1, 0.15) is 11.6 Å². The van der Waals surface area contributed by atoms with E-state index in [4.69, 9.17) is 4.42 Å². The number of β-amino-alcohol motifs (C(OH)–C–C–N with tert-alkyl or cyclic N) is 1. The number of aliphatic carboxylic acids is 1. The first kappa shape index (κ1) is 13.6. The molecule has 2 N–H and O–H groups in total. The van der Waals surface area contributed by atoms with Gasteiger partial charge in [0.05, 0.1) is 6.10 Å². The lowest BCUT2D eigenvalue weighted by atomic mass is 10.1. The lowest BCUT2D eigenvalue weighted by Gasteiger charge is -2.20. The number of likely N-dealkylation sites (tertiary alicyclic amines) is 1. The standard InChI is InChI=1S/C15H15NO5/c1-8-10-4-2-3-5-12(10)21-13(8)14(18)16-7-9(17)6-11(16)15(19)20/h2-5,9,11,17H,6-7H2,1H3,(H,19,20)/t9?,11-/m0/s1. The maximum absolute atomic E-state index is 12.6. The number of fused-ring (bicyclic) bond motifs is 1. The molecule has 1 saturated heterocycles. The van der Waals surface area contributed by atoms with Crippen molar-refractivity contribution < 1.29 is 24.2 Å². The summed E-state index contributed by atoms with van der Waals surface area (Å²) < 4.78 is 5.57. The highest BCUT2D eigenvalue weighted by Crippen LogP contribution is 2.28. The summed E-state index contributed by atoms with van der Waals surface area (Å²) in [4.78, 5) is 24.9. The second-order valence-corrected chi connectivity index (χ2v) is 5.25. The smallest absolute Gasteiger partial charge is 0.326 e. The number of hydrogen-bond donors (Lipinski definition) is 2. The predicted molar refractivity (Wildman–Crippen MR) is 74.0 cm³/mol. The molecule has 2 atom stereocenters. The Morgan fingerprint density at radius 1 is 1.33 bits per heavy atom. The topological polar surface area (TPSA) is 91.0 Å². The SMILES string of the molecule is Cc1c(C(=O)N2CC(O)C[C@H]2C(=O)O)oc2ccccc12. The van der Waals surface area contributed by atoms with Crippen LogP contribution in [0.15, 0.2) is 28.7 Å². The third-order valence-electron chi connectivity index (χ3n) is 3.86. The fourth-order valence-electron chi connectivity index (χ4n) is 2.78. The van der Waals surface area contributed by atoms with E-state index in [1.807, 2.05) is 12.1 Å². The van der Waals surface area contributed by atoms with Gasteiger partial charge in [-0.2, -0.15) is 0 Å². The monoisotopic (exact) mass is 289 g/mol. The van der Waals surface area contributed by atoms with Crippen LogP contribution in [0, 0.1) is 6.92 Å². The Kier molecular flexibility index (Phi) is 3.17. The number of benzene rings is 1. The number of aliphatic hydroxyl groups excluding tert-OH is 1. The molecule has 0 aliphatic carbocycles. The van der Waals surface area contributed by atoms with Crippen molar-refractivity contribution in [2.45, 2.75) is 25.5 Å². The van der Waals surface area contributed by atoms with Crippen LogP contribution in [0.5, 0.6) is 0 Å². The number of carboxylic acid groups (broad SMARTS) is 1. The minimum absolute atomic E-state index is 0.00624. The highest BCUT2D eigenvalue weighted by atomic mass is 16.4. The minimum Gasteiger partial charge on any atom is -0.480 e. The second-order valence-electron chi connectivity index (χ2n) is 5.25. The first-order valence-electron chi connectivity index (χ1n) is 6.69. The van der Waals surface area contributed by atoms with E-state index < -0.39 is 24.0 Å². The summed E-state index contributed by atoms with van der Waals surface area (Å²) in [6, 6.07) is 6.24. The van der Waals surface area contributed by atoms with E-state index in [2.05, 4.69) is 0 Å². The van der Waals surface area contributed by atoms with Crippen molar-refractivity contribution in [1.82, 2.24) is 4.90 Å². The highest BCUT2D eigenvalue weighted by molar-refractivity contribution is 6.00. The number of carboxylic acids is 1. The molecule has 1 aromatic carbocycles. The first-order valence-corrected chi connectivity index (χ1v) is 6.69. The van der Waals surface area contributed by atoms with Crippen molar-refractivity contribution in [3.05, 3.63) is 35.6 Å². The molecule has 1 amide bonds. The third-order valence-corrected chi connectivity index (χ3v) is 3.86. The molecule has 21 heavy (non-hydrogen) atoms. The molecule has 6 nitrogen and oxygen atoms in total. The molecule has 2 aromatic rings. The molecule has 2 heterocycles. The maximum atomic E-state index is 12.6. The van der Waals surface area contributed by atoms with Crippen LogP contribution in [0.2, 0.25) is 0 Å². The lowest BCUT2D eigenvalue weighted by Crippen LogP contribution is -2.40. The fraction of sp³-hybridized carbons (Fsp3) is 0.333. The molecule has 1 fully saturated rings. The quantitative estimate of drug-likeness (QED) is 0.872. The molecular formula is C15H15NO5. The van der Waals surface area contributed by atoms with Gasteiger partial charge in [0.15, 0.2) is 5.76 Å². The molecule has 3 rings (SSSR count). The predicted octanol–water partition coefficient (Wildman–Crippen LogP) is 1.40. The number of amides is 1. The summed E-state index contributed by atoms with van der Waals surface area (Å²) in [6.45, 7) is 1.77. The van der Waals surface area contributed by atoms with Crippen molar-refractivity contribution >= 4 is 22.8 Å². The summed E-state index contributed by atoms with van der Waals surface area (Å²) >= 11 is 0. The van der Waals surface area contributed by atoms with Gasteiger partial charge in [-0.3, -0.25) is 4.79 Å². The Labute approximate surface area is 120 Å². The molecule has 1 unspecified atom stereocenters. The molecular weight excluding hydrogens is 274 g/mol. The van der Waals surface area contributed by atoms with Crippen LogP contribution >= 0.6 is 0 Å². The van der Waals surface area contributed by atoms with Gasteiger partial charge >= 0.3 is 5.97 Å². The van der Waals surface area contributed by atoms with Crippen molar-refractivity contribution in [2.75, 3.05) is 6.54 Å². The molecule has 0 radical (unpaired) electrons. The average molecular weight is 289 g/mol. The van der Waals surface area contributed by atoms with Gasteiger partial charge < -0.3 is 19.5 Å². The van der Waals surface area contributed by atoms with Crippen molar-refractivity contribution in [2.24, 2.45) is 0 Å². The number of aryl methyl sites for hydroxylation is 1. The summed E-state index contributed by atoms with van der Waals surface area (Å²) in [7, 11) is 0. The third kappa shape index (κ3) is 2.17. The van der Waals surface area contributed by atoms with Crippen LogP contribution in [0.1, 0.15) is 22.5 Å². The van der Waals surface area contributed by atoms with Gasteiger partial charge in [0.25, 0.3) is 5.91 Å². The minimum atomic E-state index is -1.12. The molecule has 0 bridgehead atoms. The van der Waals surface area contributed by atoms with Crippen LogP contribution in [0.25, 0.3) is 11.0 Å². The van der Waals surface area contributed by atoms with Crippen molar-refractivity contribution in [1.29, 1.82) is 0 Å². The zero-order chi connectivity index (χ0) is 15.1. The van der Waals surface area contributed by atoms with Gasteiger partial charge in [-0.25, -0.2) is 4.79 Å². The largest absolute Gasteiger partial charge is 0.480 e. The molecule has 0 spiro atoms. The van der Waals surface area contributed by atoms with E-state index >= 15 is 0 Å². The van der Waals surface area contributed by atoms with Gasteiger partial charge in [0.2, 0.25) is 0 Å². The Bertz CT molecular complexity index is 720. The van der Waals surface area contributed by atoms with Crippen LogP contribution in [-0.4, -0.2) is 45.7 Å². The van der Waals surface area contributed by atoms with E-state index in [1.54, 1.807) is 19.1 Å². The molecule has 0 saturated carbocycles. The molecule has 6 heteroatoms. The van der Waals surface area contributed by atoms with Crippen LogP contribution in [0.4, 0.5) is 0 Å². The van der Waals surface area contributed by atoms with Crippen LogP contribution in [0.3, 0.4) is 0 Å². The summed E-state index contributed by atoms with van der Waals surface area (Å²) in [5.41, 5.74) is 1.27. The van der Waals surface area contributed by atoms with E-state index in [9.17, 15) is 19.8 Å². The van der Waals surface area contributed by atoms with E-state index in [-0.39, 0.29) is 18.7 Å². The Hall–Kier alpha value is -2.34. The zero-order valence-electron chi connectivity index (χ0n) is 11.4. The molecule has 1 aliphatic heterocycles. The summed E-state index contributed by atoms with van der Waals surface area (Å²) in [5, 5.41) is 19.6. The molecule has 110 valence electrons. The zero-order valence-corrected chi connectivity index (χ0v) is 11.4. The van der Waals surface area contributed by atoms with Gasteiger partial charge in [-0.1, -0.05) is 18.2 Å². The number of hydrogen-bond acceptors (Lipinski definition) is 4. The van der Waals surface area contributed by atoms with E-state index in [1.165, 1.54) is 0 Å². The van der Waals surface area contributed by atoms with Crippen molar-refractivity contribution in [3.63, 3.8) is 0 Å². The summed E-state index contributed by atoms with van der Waals surface area (Å²) in [5.74, 6) is -1.47. The fourth-order valence-corrected chi connectivity index (χ4v) is 2.78. The first-order chi connectivity index (χ1) is 9.99. The van der Waals surface area contributed by atoms with Crippen LogP contribution < -0.4 is 0 Å². The number of carbonyl (C=O) groups is 2. The lowest BCUT2D eigenvalue weighted by molar-refractivity contribution is -0.141. The normalized spacial score (nSPS) is 21.9. The number of para-hydroxylation sites is 1. The van der Waals surface area contributed by atoms with Gasteiger partial charge in [-0.05, 0) is 13.0 Å². The van der Waals surface area contributed by atoms with E-state index in [0.29, 0.717) is 11.1 Å². The number of aliphatic hydroxyl groups is 1. The number of rotatable bonds is 2. The Balaban J connectivity index is 2.00. The van der Waals surface area contributed by atoms with Crippen LogP contribution in [-0.2, 0) is 4.79 Å².